The van der Waals surface area contributed by atoms with Gasteiger partial charge in [0, 0.05) is 10.0 Å². The van der Waals surface area contributed by atoms with Gasteiger partial charge in [0.05, 0.1) is 13.2 Å². The highest BCUT2D eigenvalue weighted by atomic mass is 79.9. The third-order valence-electron chi connectivity index (χ3n) is 3.34. The van der Waals surface area contributed by atoms with E-state index >= 15 is 0 Å². The molecule has 1 aliphatic rings. The van der Waals surface area contributed by atoms with E-state index in [1.807, 2.05) is 18.2 Å². The molecule has 88 valence electrons. The van der Waals surface area contributed by atoms with Crippen molar-refractivity contribution in [1.29, 1.82) is 0 Å². The second-order valence-corrected chi connectivity index (χ2v) is 5.35. The van der Waals surface area contributed by atoms with E-state index in [1.165, 1.54) is 19.3 Å². The number of aliphatic hydroxyl groups excluding tert-OH is 1. The molecular weight excluding hydrogens is 268 g/mol. The molecule has 1 atom stereocenters. The van der Waals surface area contributed by atoms with Crippen molar-refractivity contribution in [3.05, 3.63) is 28.2 Å². The molecule has 3 heteroatoms. The maximum absolute atomic E-state index is 10.2. The molecule has 1 fully saturated rings. The topological polar surface area (TPSA) is 29.5 Å². The summed E-state index contributed by atoms with van der Waals surface area (Å²) in [5.74, 6) is 1.46. The monoisotopic (exact) mass is 284 g/mol. The van der Waals surface area contributed by atoms with Crippen LogP contribution >= 0.6 is 15.9 Å². The molecule has 2 nitrogen and oxygen atoms in total. The number of aliphatic hydroxyl groups is 1. The lowest BCUT2D eigenvalue weighted by Crippen LogP contribution is -2.15. The van der Waals surface area contributed by atoms with E-state index in [0.717, 1.165) is 22.2 Å². The Hall–Kier alpha value is -0.540. The third-order valence-corrected chi connectivity index (χ3v) is 3.83. The number of hydrogen-bond acceptors (Lipinski definition) is 2. The number of hydrogen-bond donors (Lipinski definition) is 1. The van der Waals surface area contributed by atoms with Crippen molar-refractivity contribution < 1.29 is 9.84 Å². The molecule has 0 aliphatic heterocycles. The minimum Gasteiger partial charge on any atom is -0.496 e. The maximum Gasteiger partial charge on any atom is 0.125 e. The van der Waals surface area contributed by atoms with E-state index < -0.39 is 6.10 Å². The van der Waals surface area contributed by atoms with Gasteiger partial charge in [-0.15, -0.1) is 0 Å². The molecule has 0 aromatic heterocycles. The normalized spacial score (nSPS) is 17.9. The molecule has 1 aliphatic carbocycles. The van der Waals surface area contributed by atoms with Gasteiger partial charge in [0.15, 0.2) is 0 Å². The van der Waals surface area contributed by atoms with Crippen LogP contribution in [0, 0.1) is 5.92 Å². The van der Waals surface area contributed by atoms with Crippen LogP contribution in [0.4, 0.5) is 0 Å². The molecule has 1 unspecified atom stereocenters. The van der Waals surface area contributed by atoms with E-state index in [1.54, 1.807) is 7.11 Å². The van der Waals surface area contributed by atoms with Crippen molar-refractivity contribution in [3.8, 4) is 5.75 Å². The van der Waals surface area contributed by atoms with E-state index in [4.69, 9.17) is 4.74 Å². The Labute approximate surface area is 105 Å². The third kappa shape index (κ3) is 2.58. The first-order valence-corrected chi connectivity index (χ1v) is 6.51. The van der Waals surface area contributed by atoms with Gasteiger partial charge < -0.3 is 9.84 Å². The highest BCUT2D eigenvalue weighted by molar-refractivity contribution is 9.10. The van der Waals surface area contributed by atoms with Crippen molar-refractivity contribution in [3.63, 3.8) is 0 Å². The quantitative estimate of drug-likeness (QED) is 0.914. The first-order chi connectivity index (χ1) is 7.70. The smallest absolute Gasteiger partial charge is 0.125 e. The molecule has 1 aromatic carbocycles. The van der Waals surface area contributed by atoms with E-state index in [-0.39, 0.29) is 0 Å². The summed E-state index contributed by atoms with van der Waals surface area (Å²) < 4.78 is 6.27. The van der Waals surface area contributed by atoms with Crippen molar-refractivity contribution in [1.82, 2.24) is 0 Å². The fraction of sp³-hybridized carbons (Fsp3) is 0.538. The molecule has 1 aromatic rings. The molecule has 0 spiro atoms. The number of benzene rings is 1. The zero-order valence-corrected chi connectivity index (χ0v) is 11.0. The lowest BCUT2D eigenvalue weighted by Gasteiger charge is -2.28. The number of ether oxygens (including phenoxy) is 1. The fourth-order valence-electron chi connectivity index (χ4n) is 2.13. The number of rotatable bonds is 4. The summed E-state index contributed by atoms with van der Waals surface area (Å²) in [6, 6.07) is 5.79. The molecule has 0 radical (unpaired) electrons. The summed E-state index contributed by atoms with van der Waals surface area (Å²) >= 11 is 3.40. The predicted molar refractivity (Wildman–Crippen MR) is 67.6 cm³/mol. The Kier molecular flexibility index (Phi) is 3.87. The van der Waals surface area contributed by atoms with E-state index in [2.05, 4.69) is 15.9 Å². The summed E-state index contributed by atoms with van der Waals surface area (Å²) in [7, 11) is 1.64. The molecule has 2 rings (SSSR count). The van der Waals surface area contributed by atoms with Crippen molar-refractivity contribution in [2.45, 2.75) is 31.8 Å². The van der Waals surface area contributed by atoms with Crippen molar-refractivity contribution in [2.24, 2.45) is 5.92 Å². The van der Waals surface area contributed by atoms with Crippen LogP contribution in [0.25, 0.3) is 0 Å². The average Bonchev–Trinajstić information content (AvgIpc) is 2.23. The van der Waals surface area contributed by atoms with Gasteiger partial charge in [0.2, 0.25) is 0 Å². The highest BCUT2D eigenvalue weighted by Gasteiger charge is 2.23. The van der Waals surface area contributed by atoms with Gasteiger partial charge in [-0.25, -0.2) is 0 Å². The van der Waals surface area contributed by atoms with Gasteiger partial charge in [0.25, 0.3) is 0 Å². The molecule has 16 heavy (non-hydrogen) atoms. The average molecular weight is 285 g/mol. The molecule has 0 bridgehead atoms. The Bertz CT molecular complexity index is 361. The van der Waals surface area contributed by atoms with Gasteiger partial charge in [-0.1, -0.05) is 41.3 Å². The Morgan fingerprint density at radius 1 is 1.50 bits per heavy atom. The summed E-state index contributed by atoms with van der Waals surface area (Å²) in [4.78, 5) is 0. The van der Waals surface area contributed by atoms with Crippen LogP contribution in [0.15, 0.2) is 22.7 Å². The largest absolute Gasteiger partial charge is 0.496 e. The second kappa shape index (κ2) is 5.19. The summed E-state index contributed by atoms with van der Waals surface area (Å²) in [6.45, 7) is 0. The zero-order chi connectivity index (χ0) is 11.5. The lowest BCUT2D eigenvalue weighted by molar-refractivity contribution is 0.116. The van der Waals surface area contributed by atoms with Crippen LogP contribution in [-0.4, -0.2) is 12.2 Å². The number of methoxy groups -OCH3 is 1. The zero-order valence-electron chi connectivity index (χ0n) is 9.45. The summed E-state index contributed by atoms with van der Waals surface area (Å²) in [5.41, 5.74) is 0.901. The van der Waals surface area contributed by atoms with E-state index in [0.29, 0.717) is 5.92 Å². The Morgan fingerprint density at radius 2 is 2.25 bits per heavy atom. The summed E-state index contributed by atoms with van der Waals surface area (Å²) in [6.07, 6.45) is 4.30. The minimum absolute atomic E-state index is 0.395. The first-order valence-electron chi connectivity index (χ1n) is 5.72. The molecule has 1 N–H and O–H groups in total. The van der Waals surface area contributed by atoms with Crippen LogP contribution in [0.5, 0.6) is 5.75 Å². The fourth-order valence-corrected chi connectivity index (χ4v) is 2.47. The molecule has 1 saturated carbocycles. The standard InChI is InChI=1S/C13H17BrO2/c1-16-13-8-10(14)5-6-11(13)12(15)7-9-3-2-4-9/h5-6,8-9,12,15H,2-4,7H2,1H3. The van der Waals surface area contributed by atoms with Crippen LogP contribution in [0.3, 0.4) is 0 Å². The minimum atomic E-state index is -0.395. The Morgan fingerprint density at radius 3 is 2.81 bits per heavy atom. The van der Waals surface area contributed by atoms with Gasteiger partial charge >= 0.3 is 0 Å². The van der Waals surface area contributed by atoms with Crippen LogP contribution < -0.4 is 4.74 Å². The maximum atomic E-state index is 10.2. The SMILES string of the molecule is COc1cc(Br)ccc1C(O)CC1CCC1. The van der Waals surface area contributed by atoms with Gasteiger partial charge in [-0.2, -0.15) is 0 Å². The van der Waals surface area contributed by atoms with Crippen molar-refractivity contribution >= 4 is 15.9 Å². The second-order valence-electron chi connectivity index (χ2n) is 4.43. The van der Waals surface area contributed by atoms with Gasteiger partial charge in [-0.05, 0) is 24.5 Å². The molecule has 0 heterocycles. The summed E-state index contributed by atoms with van der Waals surface area (Å²) in [5, 5.41) is 10.2. The highest BCUT2D eigenvalue weighted by Crippen LogP contribution is 2.37. The van der Waals surface area contributed by atoms with Crippen LogP contribution in [0.2, 0.25) is 0 Å². The van der Waals surface area contributed by atoms with E-state index in [9.17, 15) is 5.11 Å². The van der Waals surface area contributed by atoms with Crippen molar-refractivity contribution in [2.75, 3.05) is 7.11 Å². The van der Waals surface area contributed by atoms with Gasteiger partial charge in [0.1, 0.15) is 5.75 Å². The molecular formula is C13H17BrO2. The van der Waals surface area contributed by atoms with Crippen LogP contribution in [-0.2, 0) is 0 Å². The lowest BCUT2D eigenvalue weighted by atomic mass is 9.80. The van der Waals surface area contributed by atoms with Gasteiger partial charge in [-0.3, -0.25) is 0 Å². The predicted octanol–water partition coefficient (Wildman–Crippen LogP) is 3.68. The number of halogens is 1. The molecule has 0 amide bonds. The van der Waals surface area contributed by atoms with Crippen LogP contribution in [0.1, 0.15) is 37.4 Å². The first kappa shape index (κ1) is 11.9. The Balaban J connectivity index is 2.11. The molecule has 0 saturated heterocycles.